The minimum atomic E-state index is -3.37. The van der Waals surface area contributed by atoms with Crippen molar-refractivity contribution in [2.45, 2.75) is 13.8 Å². The Morgan fingerprint density at radius 2 is 1.71 bits per heavy atom. The van der Waals surface area contributed by atoms with E-state index in [1.54, 1.807) is 38.1 Å². The summed E-state index contributed by atoms with van der Waals surface area (Å²) >= 11 is 0. The minimum absolute atomic E-state index is 0.0124. The van der Waals surface area contributed by atoms with Gasteiger partial charge in [0, 0.05) is 5.56 Å². The van der Waals surface area contributed by atoms with Crippen molar-refractivity contribution in [1.82, 2.24) is 9.97 Å². The third-order valence-corrected chi connectivity index (χ3v) is 5.25. The summed E-state index contributed by atoms with van der Waals surface area (Å²) in [5.41, 5.74) is 12.4. The van der Waals surface area contributed by atoms with E-state index in [4.69, 9.17) is 20.5 Å². The van der Waals surface area contributed by atoms with E-state index >= 15 is 0 Å². The predicted octanol–water partition coefficient (Wildman–Crippen LogP) is 2.07. The first kappa shape index (κ1) is 17.9. The van der Waals surface area contributed by atoms with E-state index in [2.05, 4.69) is 9.97 Å². The number of nitriles is 1. The van der Waals surface area contributed by atoms with Gasteiger partial charge in [-0.1, -0.05) is 12.1 Å². The summed E-state index contributed by atoms with van der Waals surface area (Å²) in [6, 6.07) is 8.49. The van der Waals surface area contributed by atoms with Gasteiger partial charge in [0.25, 0.3) is 0 Å². The van der Waals surface area contributed by atoms with Crippen LogP contribution in [0.25, 0.3) is 11.3 Å². The fourth-order valence-corrected chi connectivity index (χ4v) is 3.71. The second-order valence-corrected chi connectivity index (χ2v) is 6.71. The molecule has 4 N–H and O–H groups in total. The lowest BCUT2D eigenvalue weighted by Gasteiger charge is -2.17. The van der Waals surface area contributed by atoms with Gasteiger partial charge in [0.1, 0.15) is 17.5 Å². The van der Waals surface area contributed by atoms with Crippen LogP contribution in [0.2, 0.25) is 0 Å². The molecule has 24 heavy (non-hydrogen) atoms. The van der Waals surface area contributed by atoms with Gasteiger partial charge in [0.05, 0.1) is 24.2 Å². The number of aromatic nitrogens is 2. The third-order valence-electron chi connectivity index (χ3n) is 3.12. The van der Waals surface area contributed by atoms with E-state index in [1.165, 1.54) is 0 Å². The highest BCUT2D eigenvalue weighted by molar-refractivity contribution is 7.62. The zero-order valence-corrected chi connectivity index (χ0v) is 14.3. The van der Waals surface area contributed by atoms with Crippen LogP contribution >= 0.6 is 7.60 Å². The monoisotopic (exact) mass is 347 g/mol. The first-order chi connectivity index (χ1) is 11.4. The van der Waals surface area contributed by atoms with Gasteiger partial charge >= 0.3 is 7.60 Å². The number of nitrogens with zero attached hydrogens (tertiary/aromatic N) is 3. The molecule has 0 saturated heterocycles. The highest BCUT2D eigenvalue weighted by Gasteiger charge is 2.26. The van der Waals surface area contributed by atoms with Crippen molar-refractivity contribution in [1.29, 1.82) is 5.26 Å². The molecule has 1 aromatic heterocycles. The summed E-state index contributed by atoms with van der Waals surface area (Å²) in [5, 5.41) is 9.66. The van der Waals surface area contributed by atoms with Crippen LogP contribution < -0.4 is 16.8 Å². The number of hydrogen-bond acceptors (Lipinski definition) is 8. The van der Waals surface area contributed by atoms with Crippen LogP contribution in [0.4, 0.5) is 11.8 Å². The Kier molecular flexibility index (Phi) is 5.52. The molecule has 0 aliphatic carbocycles. The molecule has 0 unspecified atom stereocenters. The van der Waals surface area contributed by atoms with Crippen molar-refractivity contribution in [3.8, 4) is 17.3 Å². The van der Waals surface area contributed by atoms with E-state index in [-0.39, 0.29) is 30.5 Å². The second kappa shape index (κ2) is 7.41. The summed E-state index contributed by atoms with van der Waals surface area (Å²) < 4.78 is 23.3. The SMILES string of the molecule is CCOP(=O)(OCC)c1ccc(-c2nc(N)nc(N)c2C#N)cc1. The average molecular weight is 347 g/mol. The van der Waals surface area contributed by atoms with Crippen LogP contribution in [0.15, 0.2) is 24.3 Å². The number of hydrogen-bond donors (Lipinski definition) is 2. The number of nitrogen functional groups attached to an aromatic ring is 2. The normalized spacial score (nSPS) is 11.2. The van der Waals surface area contributed by atoms with Crippen LogP contribution in [-0.2, 0) is 13.6 Å². The molecule has 0 radical (unpaired) electrons. The summed E-state index contributed by atoms with van der Waals surface area (Å²) in [6.07, 6.45) is 0. The molecule has 1 aromatic carbocycles. The van der Waals surface area contributed by atoms with E-state index in [1.807, 2.05) is 6.07 Å². The van der Waals surface area contributed by atoms with Crippen molar-refractivity contribution in [2.75, 3.05) is 24.7 Å². The van der Waals surface area contributed by atoms with Crippen LogP contribution in [0.3, 0.4) is 0 Å². The number of benzene rings is 1. The van der Waals surface area contributed by atoms with Gasteiger partial charge in [0.15, 0.2) is 0 Å². The van der Waals surface area contributed by atoms with Crippen molar-refractivity contribution in [3.05, 3.63) is 29.8 Å². The highest BCUT2D eigenvalue weighted by Crippen LogP contribution is 2.46. The molecule has 0 amide bonds. The van der Waals surface area contributed by atoms with Gasteiger partial charge in [-0.15, -0.1) is 0 Å². The van der Waals surface area contributed by atoms with Crippen LogP contribution in [0, 0.1) is 11.3 Å². The summed E-state index contributed by atoms with van der Waals surface area (Å²) in [5.74, 6) is -0.0155. The number of nitrogens with two attached hydrogens (primary N) is 2. The van der Waals surface area contributed by atoms with Gasteiger partial charge < -0.3 is 20.5 Å². The largest absolute Gasteiger partial charge is 0.382 e. The second-order valence-electron chi connectivity index (χ2n) is 4.68. The molecule has 2 aromatic rings. The van der Waals surface area contributed by atoms with Gasteiger partial charge in [-0.25, -0.2) is 4.98 Å². The third kappa shape index (κ3) is 3.54. The Morgan fingerprint density at radius 1 is 1.12 bits per heavy atom. The Labute approximate surface area is 140 Å². The van der Waals surface area contributed by atoms with E-state index < -0.39 is 7.60 Å². The number of rotatable bonds is 6. The molecular formula is C15H18N5O3P. The maximum atomic E-state index is 12.7. The maximum Gasteiger partial charge on any atom is 0.361 e. The minimum Gasteiger partial charge on any atom is -0.382 e. The van der Waals surface area contributed by atoms with Gasteiger partial charge in [-0.3, -0.25) is 4.57 Å². The van der Waals surface area contributed by atoms with Crippen LogP contribution in [0.5, 0.6) is 0 Å². The first-order valence-corrected chi connectivity index (χ1v) is 8.82. The van der Waals surface area contributed by atoms with E-state index in [0.29, 0.717) is 16.6 Å². The van der Waals surface area contributed by atoms with Gasteiger partial charge in [0.2, 0.25) is 5.95 Å². The Balaban J connectivity index is 2.47. The molecule has 0 atom stereocenters. The predicted molar refractivity (Wildman–Crippen MR) is 91.5 cm³/mol. The molecule has 0 spiro atoms. The standard InChI is InChI=1S/C15H18N5O3P/c1-3-22-24(21,23-4-2)11-7-5-10(6-8-11)13-12(9-16)14(17)20-15(18)19-13/h5-8H,3-4H2,1-2H3,(H4,17,18,19,20). The first-order valence-electron chi connectivity index (χ1n) is 7.28. The molecule has 0 aliphatic heterocycles. The summed E-state index contributed by atoms with van der Waals surface area (Å²) in [4.78, 5) is 7.85. The smallest absolute Gasteiger partial charge is 0.361 e. The van der Waals surface area contributed by atoms with E-state index in [9.17, 15) is 9.83 Å². The summed E-state index contributed by atoms with van der Waals surface area (Å²) in [6.45, 7) is 4.00. The molecule has 0 aliphatic rings. The molecular weight excluding hydrogens is 329 g/mol. The van der Waals surface area contributed by atoms with Crippen LogP contribution in [-0.4, -0.2) is 23.2 Å². The van der Waals surface area contributed by atoms with Crippen molar-refractivity contribution in [3.63, 3.8) is 0 Å². The molecule has 1 heterocycles. The fourth-order valence-electron chi connectivity index (χ4n) is 2.14. The average Bonchev–Trinajstić information content (AvgIpc) is 2.55. The topological polar surface area (TPSA) is 137 Å². The number of anilines is 2. The van der Waals surface area contributed by atoms with E-state index in [0.717, 1.165) is 0 Å². The quantitative estimate of drug-likeness (QED) is 0.758. The van der Waals surface area contributed by atoms with Crippen molar-refractivity contribution in [2.24, 2.45) is 0 Å². The molecule has 0 saturated carbocycles. The zero-order chi connectivity index (χ0) is 17.7. The maximum absolute atomic E-state index is 12.7. The van der Waals surface area contributed by atoms with Gasteiger partial charge in [-0.2, -0.15) is 10.2 Å². The lowest BCUT2D eigenvalue weighted by molar-refractivity contribution is 0.230. The lowest BCUT2D eigenvalue weighted by Crippen LogP contribution is -2.11. The Hall–Kier alpha value is -2.46. The Morgan fingerprint density at radius 3 is 2.21 bits per heavy atom. The molecule has 0 bridgehead atoms. The summed E-state index contributed by atoms with van der Waals surface area (Å²) in [7, 11) is -3.37. The molecule has 126 valence electrons. The molecule has 0 fully saturated rings. The van der Waals surface area contributed by atoms with Gasteiger partial charge in [-0.05, 0) is 26.0 Å². The lowest BCUT2D eigenvalue weighted by atomic mass is 10.1. The van der Waals surface area contributed by atoms with Crippen LogP contribution in [0.1, 0.15) is 19.4 Å². The Bertz CT molecular complexity index is 807. The molecule has 8 nitrogen and oxygen atoms in total. The fraction of sp³-hybridized carbons (Fsp3) is 0.267. The van der Waals surface area contributed by atoms with Crippen molar-refractivity contribution < 1.29 is 13.6 Å². The van der Waals surface area contributed by atoms with Crippen molar-refractivity contribution >= 4 is 24.7 Å². The zero-order valence-electron chi connectivity index (χ0n) is 13.4. The molecule has 2 rings (SSSR count). The highest BCUT2D eigenvalue weighted by atomic mass is 31.2. The molecule has 9 heteroatoms.